The Kier molecular flexibility index (Phi) is 11.9. The molecule has 10 nitrogen and oxygen atoms in total. The van der Waals surface area contributed by atoms with Gasteiger partial charge in [0.05, 0.1) is 37.8 Å². The van der Waals surface area contributed by atoms with E-state index in [2.05, 4.69) is 16.0 Å². The fraction of sp³-hybridized carbons (Fsp3) is 0.300. The Hall–Kier alpha value is -4.64. The molecule has 0 aromatic heterocycles. The third-order valence-electron chi connectivity index (χ3n) is 5.83. The highest BCUT2D eigenvalue weighted by Gasteiger charge is 2.13. The van der Waals surface area contributed by atoms with Gasteiger partial charge < -0.3 is 34.9 Å². The van der Waals surface area contributed by atoms with Crippen molar-refractivity contribution in [1.29, 1.82) is 0 Å². The lowest BCUT2D eigenvalue weighted by molar-refractivity contribution is -0.118. The molecule has 0 aliphatic carbocycles. The third-order valence-corrected chi connectivity index (χ3v) is 5.83. The number of methoxy groups -OCH3 is 2. The number of esters is 1. The van der Waals surface area contributed by atoms with Gasteiger partial charge in [0, 0.05) is 25.9 Å². The van der Waals surface area contributed by atoms with Crippen LogP contribution in [0.15, 0.2) is 60.7 Å². The smallest absolute Gasteiger partial charge is 0.338 e. The van der Waals surface area contributed by atoms with Crippen LogP contribution in [0.1, 0.15) is 29.3 Å². The molecule has 0 saturated heterocycles. The second kappa shape index (κ2) is 15.8. The zero-order valence-electron chi connectivity index (χ0n) is 23.3. The van der Waals surface area contributed by atoms with Crippen molar-refractivity contribution in [2.24, 2.45) is 0 Å². The molecule has 0 aliphatic heterocycles. The topological polar surface area (TPSA) is 124 Å². The van der Waals surface area contributed by atoms with Crippen LogP contribution in [0, 0.1) is 5.82 Å². The first-order valence-electron chi connectivity index (χ1n) is 13.0. The SMILES string of the molecule is CCOC(=O)c1ccc(OCCNCCC(=O)Cc2ccc(NC(=O)Nc3ccccc3F)c(OC)c2)c(OC)c1. The fourth-order valence-corrected chi connectivity index (χ4v) is 3.82. The Labute approximate surface area is 238 Å². The highest BCUT2D eigenvalue weighted by molar-refractivity contribution is 6.00. The Morgan fingerprint density at radius 1 is 0.829 bits per heavy atom. The van der Waals surface area contributed by atoms with Crippen LogP contribution in [-0.4, -0.2) is 58.3 Å². The van der Waals surface area contributed by atoms with E-state index in [9.17, 15) is 18.8 Å². The Morgan fingerprint density at radius 3 is 2.32 bits per heavy atom. The summed E-state index contributed by atoms with van der Waals surface area (Å²) in [6.45, 7) is 3.32. The minimum absolute atomic E-state index is 0.0229. The summed E-state index contributed by atoms with van der Waals surface area (Å²) in [4.78, 5) is 36.7. The van der Waals surface area contributed by atoms with Crippen LogP contribution in [-0.2, 0) is 16.0 Å². The summed E-state index contributed by atoms with van der Waals surface area (Å²) in [7, 11) is 2.95. The van der Waals surface area contributed by atoms with E-state index in [0.29, 0.717) is 54.6 Å². The number of anilines is 2. The summed E-state index contributed by atoms with van der Waals surface area (Å²) in [6.07, 6.45) is 0.505. The van der Waals surface area contributed by atoms with E-state index in [1.807, 2.05) is 0 Å². The summed E-state index contributed by atoms with van der Waals surface area (Å²) in [6, 6.07) is 15.1. The second-order valence-corrected chi connectivity index (χ2v) is 8.74. The van der Waals surface area contributed by atoms with E-state index < -0.39 is 17.8 Å². The lowest BCUT2D eigenvalue weighted by Crippen LogP contribution is -2.24. The van der Waals surface area contributed by atoms with Gasteiger partial charge in [0.1, 0.15) is 24.0 Å². The number of hydrogen-bond acceptors (Lipinski definition) is 8. The average Bonchev–Trinajstić information content (AvgIpc) is 2.97. The van der Waals surface area contributed by atoms with Crippen LogP contribution in [0.25, 0.3) is 0 Å². The van der Waals surface area contributed by atoms with E-state index in [1.54, 1.807) is 49.4 Å². The van der Waals surface area contributed by atoms with E-state index in [0.717, 1.165) is 5.56 Å². The lowest BCUT2D eigenvalue weighted by Gasteiger charge is -2.13. The molecule has 0 atom stereocenters. The average molecular weight is 568 g/mol. The molecule has 0 spiro atoms. The molecule has 2 amide bonds. The first-order chi connectivity index (χ1) is 19.8. The number of carbonyl (C=O) groups is 3. The normalized spacial score (nSPS) is 10.4. The fourth-order valence-electron chi connectivity index (χ4n) is 3.82. The molecule has 0 unspecified atom stereocenters. The van der Waals surface area contributed by atoms with Gasteiger partial charge in [0.2, 0.25) is 0 Å². The van der Waals surface area contributed by atoms with Gasteiger partial charge in [-0.05, 0) is 55.0 Å². The molecule has 0 saturated carbocycles. The standard InChI is InChI=1S/C30H34FN3O7/c1-4-40-29(36)21-10-12-26(28(19-21)39-3)41-16-15-32-14-13-22(35)17-20-9-11-25(27(18-20)38-2)34-30(37)33-24-8-6-5-7-23(24)31/h5-12,18-19,32H,4,13-17H2,1-3H3,(H2,33,34,37). The van der Waals surface area contributed by atoms with Crippen molar-refractivity contribution < 1.29 is 37.7 Å². The molecule has 0 bridgehead atoms. The predicted molar refractivity (Wildman–Crippen MR) is 153 cm³/mol. The number of Topliss-reactive ketones (excluding diaryl/α,β-unsaturated/α-hetero) is 1. The largest absolute Gasteiger partial charge is 0.495 e. The number of amides is 2. The van der Waals surface area contributed by atoms with Crippen LogP contribution in [0.4, 0.5) is 20.6 Å². The van der Waals surface area contributed by atoms with Crippen molar-refractivity contribution >= 4 is 29.2 Å². The van der Waals surface area contributed by atoms with Crippen LogP contribution >= 0.6 is 0 Å². The number of para-hydroxylation sites is 1. The summed E-state index contributed by atoms with van der Waals surface area (Å²) in [5.74, 6) is 0.337. The second-order valence-electron chi connectivity index (χ2n) is 8.74. The molecule has 218 valence electrons. The number of hydrogen-bond donors (Lipinski definition) is 3. The van der Waals surface area contributed by atoms with Crippen molar-refractivity contribution in [2.75, 3.05) is 51.2 Å². The number of nitrogens with one attached hydrogen (secondary N) is 3. The van der Waals surface area contributed by atoms with Gasteiger partial charge in [0.15, 0.2) is 11.5 Å². The highest BCUT2D eigenvalue weighted by Crippen LogP contribution is 2.28. The molecule has 3 rings (SSSR count). The molecular weight excluding hydrogens is 533 g/mol. The van der Waals surface area contributed by atoms with Crippen LogP contribution < -0.4 is 30.2 Å². The first-order valence-corrected chi connectivity index (χ1v) is 13.0. The minimum atomic E-state index is -0.626. The number of benzene rings is 3. The third kappa shape index (κ3) is 9.50. The number of carbonyl (C=O) groups excluding carboxylic acids is 3. The van der Waals surface area contributed by atoms with Gasteiger partial charge in [0.25, 0.3) is 0 Å². The number of rotatable bonds is 15. The molecule has 3 aromatic carbocycles. The number of urea groups is 1. The molecule has 0 heterocycles. The number of ketones is 1. The number of ether oxygens (including phenoxy) is 4. The van der Waals surface area contributed by atoms with E-state index >= 15 is 0 Å². The maximum atomic E-state index is 13.8. The van der Waals surface area contributed by atoms with Crippen molar-refractivity contribution in [3.63, 3.8) is 0 Å². The lowest BCUT2D eigenvalue weighted by atomic mass is 10.1. The predicted octanol–water partition coefficient (Wildman–Crippen LogP) is 4.83. The van der Waals surface area contributed by atoms with Gasteiger partial charge in [-0.25, -0.2) is 14.0 Å². The van der Waals surface area contributed by atoms with Crippen molar-refractivity contribution in [3.05, 3.63) is 77.6 Å². The summed E-state index contributed by atoms with van der Waals surface area (Å²) < 4.78 is 35.2. The summed E-state index contributed by atoms with van der Waals surface area (Å²) >= 11 is 0. The van der Waals surface area contributed by atoms with E-state index in [1.165, 1.54) is 32.4 Å². The van der Waals surface area contributed by atoms with Crippen molar-refractivity contribution in [2.45, 2.75) is 19.8 Å². The first kappa shape index (κ1) is 30.9. The van der Waals surface area contributed by atoms with Crippen LogP contribution in [0.2, 0.25) is 0 Å². The van der Waals surface area contributed by atoms with Crippen molar-refractivity contribution in [3.8, 4) is 17.2 Å². The molecule has 0 radical (unpaired) electrons. The molecule has 11 heteroatoms. The van der Waals surface area contributed by atoms with Gasteiger partial charge >= 0.3 is 12.0 Å². The maximum Gasteiger partial charge on any atom is 0.338 e. The molecule has 41 heavy (non-hydrogen) atoms. The molecule has 3 N–H and O–H groups in total. The summed E-state index contributed by atoms with van der Waals surface area (Å²) in [5.41, 5.74) is 1.54. The molecular formula is C30H34FN3O7. The summed E-state index contributed by atoms with van der Waals surface area (Å²) in [5, 5.41) is 8.24. The van der Waals surface area contributed by atoms with E-state index in [-0.39, 0.29) is 24.5 Å². The molecule has 3 aromatic rings. The Bertz CT molecular complexity index is 1350. The Morgan fingerprint density at radius 2 is 1.59 bits per heavy atom. The monoisotopic (exact) mass is 567 g/mol. The Balaban J connectivity index is 1.40. The zero-order chi connectivity index (χ0) is 29.6. The molecule has 0 aliphatic rings. The van der Waals surface area contributed by atoms with Gasteiger partial charge in [-0.3, -0.25) is 4.79 Å². The quantitative estimate of drug-likeness (QED) is 0.176. The molecule has 0 fully saturated rings. The zero-order valence-corrected chi connectivity index (χ0v) is 23.3. The van der Waals surface area contributed by atoms with E-state index in [4.69, 9.17) is 18.9 Å². The maximum absolute atomic E-state index is 13.8. The van der Waals surface area contributed by atoms with Gasteiger partial charge in [-0.2, -0.15) is 0 Å². The van der Waals surface area contributed by atoms with Crippen molar-refractivity contribution in [1.82, 2.24) is 5.32 Å². The van der Waals surface area contributed by atoms with Gasteiger partial charge in [-0.1, -0.05) is 18.2 Å². The highest BCUT2D eigenvalue weighted by atomic mass is 19.1. The number of halogens is 1. The minimum Gasteiger partial charge on any atom is -0.495 e. The van der Waals surface area contributed by atoms with Crippen LogP contribution in [0.3, 0.4) is 0 Å². The van der Waals surface area contributed by atoms with Gasteiger partial charge in [-0.15, -0.1) is 0 Å². The van der Waals surface area contributed by atoms with Crippen LogP contribution in [0.5, 0.6) is 17.2 Å².